The van der Waals surface area contributed by atoms with Crippen LogP contribution in [0.5, 0.6) is 5.88 Å². The third-order valence-corrected chi connectivity index (χ3v) is 2.64. The first-order chi connectivity index (χ1) is 8.81. The molecule has 0 aromatic carbocycles. The summed E-state index contributed by atoms with van der Waals surface area (Å²) in [6, 6.07) is 3.33. The van der Waals surface area contributed by atoms with E-state index in [0.717, 1.165) is 0 Å². The molecule has 1 rings (SSSR count). The van der Waals surface area contributed by atoms with E-state index in [1.165, 1.54) is 6.20 Å². The highest BCUT2D eigenvalue weighted by Gasteiger charge is 2.30. The number of carbonyl (C=O) groups excluding carboxylic acids is 1. The van der Waals surface area contributed by atoms with Crippen molar-refractivity contribution in [1.82, 2.24) is 4.98 Å². The van der Waals surface area contributed by atoms with Gasteiger partial charge in [0.2, 0.25) is 5.88 Å². The molecule has 5 nitrogen and oxygen atoms in total. The highest BCUT2D eigenvalue weighted by atomic mass is 35.5. The van der Waals surface area contributed by atoms with Gasteiger partial charge in [-0.2, -0.15) is 0 Å². The van der Waals surface area contributed by atoms with Gasteiger partial charge in [0.15, 0.2) is 0 Å². The van der Waals surface area contributed by atoms with Gasteiger partial charge in [-0.1, -0.05) is 25.4 Å². The Morgan fingerprint density at radius 2 is 2.21 bits per heavy atom. The predicted octanol–water partition coefficient (Wildman–Crippen LogP) is 3.01. The monoisotopic (exact) mass is 286 g/mol. The second-order valence-electron chi connectivity index (χ2n) is 5.07. The highest BCUT2D eigenvalue weighted by Crippen LogP contribution is 2.22. The first-order valence-corrected chi connectivity index (χ1v) is 6.41. The Morgan fingerprint density at radius 1 is 1.53 bits per heavy atom. The van der Waals surface area contributed by atoms with Gasteiger partial charge in [-0.15, -0.1) is 0 Å². The van der Waals surface area contributed by atoms with Gasteiger partial charge in [-0.3, -0.25) is 0 Å². The zero-order valence-electron chi connectivity index (χ0n) is 11.4. The molecule has 1 amide bonds. The number of nitrogens with zero attached hydrogens (tertiary/aromatic N) is 1. The lowest BCUT2D eigenvalue weighted by Gasteiger charge is -2.29. The van der Waals surface area contributed by atoms with Gasteiger partial charge in [0, 0.05) is 12.3 Å². The van der Waals surface area contributed by atoms with Crippen LogP contribution in [0.1, 0.15) is 27.2 Å². The van der Waals surface area contributed by atoms with Crippen LogP contribution in [0.4, 0.5) is 4.79 Å². The molecule has 0 aliphatic rings. The van der Waals surface area contributed by atoms with Crippen molar-refractivity contribution in [2.75, 3.05) is 6.61 Å². The number of pyridine rings is 1. The van der Waals surface area contributed by atoms with Gasteiger partial charge in [0.25, 0.3) is 0 Å². The largest absolute Gasteiger partial charge is 0.473 e. The summed E-state index contributed by atoms with van der Waals surface area (Å²) in [5.74, 6) is 0.763. The summed E-state index contributed by atoms with van der Waals surface area (Å²) in [6.45, 7) is 6.03. The van der Waals surface area contributed by atoms with Crippen LogP contribution in [0.15, 0.2) is 18.3 Å². The lowest BCUT2D eigenvalue weighted by atomic mass is 9.95. The number of hydrogen-bond donors (Lipinski definition) is 1. The molecule has 0 spiro atoms. The van der Waals surface area contributed by atoms with Crippen molar-refractivity contribution in [3.63, 3.8) is 0 Å². The fourth-order valence-electron chi connectivity index (χ4n) is 1.91. The molecule has 1 aromatic heterocycles. The molecule has 0 aliphatic carbocycles. The van der Waals surface area contributed by atoms with Crippen molar-refractivity contribution >= 4 is 17.7 Å². The van der Waals surface area contributed by atoms with E-state index >= 15 is 0 Å². The minimum absolute atomic E-state index is 0.183. The highest BCUT2D eigenvalue weighted by molar-refractivity contribution is 6.30. The maximum Gasteiger partial charge on any atom is 0.405 e. The molecule has 1 aromatic rings. The molecule has 0 saturated carbocycles. The van der Waals surface area contributed by atoms with E-state index in [9.17, 15) is 4.79 Å². The maximum atomic E-state index is 11.0. The number of rotatable bonds is 6. The number of primary amides is 1. The van der Waals surface area contributed by atoms with E-state index in [1.54, 1.807) is 19.1 Å². The van der Waals surface area contributed by atoms with E-state index < -0.39 is 11.7 Å². The molecule has 1 heterocycles. The number of aromatic nitrogens is 1. The van der Waals surface area contributed by atoms with Gasteiger partial charge < -0.3 is 15.2 Å². The fourth-order valence-corrected chi connectivity index (χ4v) is 2.02. The summed E-state index contributed by atoms with van der Waals surface area (Å²) < 4.78 is 10.7. The van der Waals surface area contributed by atoms with Crippen LogP contribution < -0.4 is 10.5 Å². The van der Waals surface area contributed by atoms with Gasteiger partial charge in [-0.05, 0) is 25.3 Å². The number of ether oxygens (including phenoxy) is 2. The minimum atomic E-state index is -0.809. The van der Waals surface area contributed by atoms with Crippen LogP contribution in [0, 0.1) is 5.92 Å². The molecule has 0 bridgehead atoms. The van der Waals surface area contributed by atoms with E-state index in [2.05, 4.69) is 4.98 Å². The molecule has 1 unspecified atom stereocenters. The van der Waals surface area contributed by atoms with Crippen molar-refractivity contribution in [2.24, 2.45) is 11.7 Å². The third kappa shape index (κ3) is 5.79. The number of halogens is 1. The lowest BCUT2D eigenvalue weighted by molar-refractivity contribution is -0.0196. The van der Waals surface area contributed by atoms with Gasteiger partial charge in [-0.25, -0.2) is 9.78 Å². The number of hydrogen-bond acceptors (Lipinski definition) is 4. The Hall–Kier alpha value is -1.49. The molecular weight excluding hydrogens is 268 g/mol. The zero-order valence-corrected chi connectivity index (χ0v) is 12.1. The number of amides is 1. The molecule has 1 atom stereocenters. The SMILES string of the molecule is CC(C)CC(C)(COc1ccc(Cl)cn1)OC(N)=O. The second-order valence-corrected chi connectivity index (χ2v) is 5.51. The fraction of sp³-hybridized carbons (Fsp3) is 0.538. The van der Waals surface area contributed by atoms with Crippen LogP contribution in [0.2, 0.25) is 5.02 Å². The van der Waals surface area contributed by atoms with Crippen molar-refractivity contribution in [2.45, 2.75) is 32.8 Å². The molecule has 19 heavy (non-hydrogen) atoms. The van der Waals surface area contributed by atoms with Gasteiger partial charge >= 0.3 is 6.09 Å². The van der Waals surface area contributed by atoms with Crippen molar-refractivity contribution in [3.05, 3.63) is 23.4 Å². The maximum absolute atomic E-state index is 11.0. The molecule has 0 radical (unpaired) electrons. The zero-order chi connectivity index (χ0) is 14.5. The van der Waals surface area contributed by atoms with Crippen molar-refractivity contribution in [1.29, 1.82) is 0 Å². The Bertz CT molecular complexity index is 422. The van der Waals surface area contributed by atoms with Crippen LogP contribution in [0.3, 0.4) is 0 Å². The predicted molar refractivity (Wildman–Crippen MR) is 73.3 cm³/mol. The van der Waals surface area contributed by atoms with Crippen LogP contribution in [-0.2, 0) is 4.74 Å². The second kappa shape index (κ2) is 6.61. The van der Waals surface area contributed by atoms with Crippen molar-refractivity contribution < 1.29 is 14.3 Å². The Kier molecular flexibility index (Phi) is 5.42. The van der Waals surface area contributed by atoms with Crippen molar-refractivity contribution in [3.8, 4) is 5.88 Å². The lowest BCUT2D eigenvalue weighted by Crippen LogP contribution is -2.41. The average Bonchev–Trinajstić information content (AvgIpc) is 2.26. The number of nitrogens with two attached hydrogens (primary N) is 1. The van der Waals surface area contributed by atoms with Crippen LogP contribution in [-0.4, -0.2) is 23.3 Å². The Balaban J connectivity index is 2.66. The molecule has 0 aliphatic heterocycles. The Morgan fingerprint density at radius 3 is 2.68 bits per heavy atom. The Labute approximate surface area is 118 Å². The van der Waals surface area contributed by atoms with E-state index in [4.69, 9.17) is 26.8 Å². The van der Waals surface area contributed by atoms with Gasteiger partial charge in [0.1, 0.15) is 12.2 Å². The minimum Gasteiger partial charge on any atom is -0.473 e. The molecule has 106 valence electrons. The summed E-state index contributed by atoms with van der Waals surface area (Å²) in [5.41, 5.74) is 4.32. The summed E-state index contributed by atoms with van der Waals surface area (Å²) in [6.07, 6.45) is 1.32. The van der Waals surface area contributed by atoms with Gasteiger partial charge in [0.05, 0.1) is 5.02 Å². The summed E-state index contributed by atoms with van der Waals surface area (Å²) in [4.78, 5) is 15.0. The third-order valence-electron chi connectivity index (χ3n) is 2.41. The van der Waals surface area contributed by atoms with E-state index in [0.29, 0.717) is 23.2 Å². The molecule has 2 N–H and O–H groups in total. The first-order valence-electron chi connectivity index (χ1n) is 6.03. The average molecular weight is 287 g/mol. The molecule has 6 heteroatoms. The smallest absolute Gasteiger partial charge is 0.405 e. The number of carbonyl (C=O) groups is 1. The molecule has 0 fully saturated rings. The molecule has 0 saturated heterocycles. The van der Waals surface area contributed by atoms with Crippen LogP contribution >= 0.6 is 11.6 Å². The first kappa shape index (κ1) is 15.6. The quantitative estimate of drug-likeness (QED) is 0.872. The van der Waals surface area contributed by atoms with E-state index in [-0.39, 0.29) is 6.61 Å². The van der Waals surface area contributed by atoms with E-state index in [1.807, 2.05) is 13.8 Å². The summed E-state index contributed by atoms with van der Waals surface area (Å²) >= 11 is 5.74. The summed E-state index contributed by atoms with van der Waals surface area (Å²) in [5, 5.41) is 0.533. The molecular formula is C13H19ClN2O3. The van der Waals surface area contributed by atoms with Crippen LogP contribution in [0.25, 0.3) is 0 Å². The normalized spacial score (nSPS) is 13.9. The topological polar surface area (TPSA) is 74.4 Å². The summed E-state index contributed by atoms with van der Waals surface area (Å²) in [7, 11) is 0. The standard InChI is InChI=1S/C13H19ClN2O3/c1-9(2)6-13(3,19-12(15)17)8-18-11-5-4-10(14)7-16-11/h4-5,7,9H,6,8H2,1-3H3,(H2,15,17).